The molecule has 8 fully saturated rings. The summed E-state index contributed by atoms with van der Waals surface area (Å²) >= 11 is 0. The molecule has 0 aromatic rings. The first kappa shape index (κ1) is 51.6. The average molecular weight is 947 g/mol. The average Bonchev–Trinajstić information content (AvgIpc) is 3.79. The second-order valence-corrected chi connectivity index (χ2v) is 24.0. The van der Waals surface area contributed by atoms with Crippen LogP contribution in [-0.4, -0.2) is 191 Å². The SMILES string of the molecule is CC1OC(OC2C(OC3CCC4(C)C(CCC5(C)C4CC(O)C4C(C6(C)CC(O)C(C(C)(C)O)O6)CCC45C)C3(C)C)OC(CO)C(O)C2OC2OC(C)C(O)C(O)C2O)C(O)C(O)C1O. The molecule has 11 N–H and O–H groups in total. The summed E-state index contributed by atoms with van der Waals surface area (Å²) in [6.45, 7) is 19.1. The first-order chi connectivity index (χ1) is 30.6. The quantitative estimate of drug-likeness (QED) is 0.138. The first-order valence-corrected chi connectivity index (χ1v) is 24.6. The van der Waals surface area contributed by atoms with Crippen molar-refractivity contribution in [2.45, 2.75) is 248 Å². The molecule has 4 aliphatic carbocycles. The molecule has 0 aromatic heterocycles. The monoisotopic (exact) mass is 947 g/mol. The lowest BCUT2D eigenvalue weighted by Gasteiger charge is -2.71. The van der Waals surface area contributed by atoms with Gasteiger partial charge < -0.3 is 89.3 Å². The fraction of sp³-hybridized carbons (Fsp3) is 1.00. The molecule has 4 aliphatic heterocycles. The molecule has 0 radical (unpaired) electrons. The van der Waals surface area contributed by atoms with Crippen molar-refractivity contribution in [1.29, 1.82) is 0 Å². The van der Waals surface area contributed by atoms with E-state index >= 15 is 0 Å². The molecule has 4 heterocycles. The summed E-state index contributed by atoms with van der Waals surface area (Å²) in [7, 11) is 0. The van der Waals surface area contributed by atoms with Crippen LogP contribution in [0.3, 0.4) is 0 Å². The van der Waals surface area contributed by atoms with Gasteiger partial charge in [0.2, 0.25) is 0 Å². The topological polar surface area (TPSA) is 287 Å². The van der Waals surface area contributed by atoms with Crippen LogP contribution in [0.25, 0.3) is 0 Å². The van der Waals surface area contributed by atoms with Crippen LogP contribution in [0.5, 0.6) is 0 Å². The highest BCUT2D eigenvalue weighted by atomic mass is 16.8. The van der Waals surface area contributed by atoms with Gasteiger partial charge in [0, 0.05) is 6.42 Å². The van der Waals surface area contributed by atoms with Crippen molar-refractivity contribution in [2.75, 3.05) is 6.61 Å². The van der Waals surface area contributed by atoms with Gasteiger partial charge in [0.1, 0.15) is 67.1 Å². The third-order valence-corrected chi connectivity index (χ3v) is 19.5. The summed E-state index contributed by atoms with van der Waals surface area (Å²) in [5, 5.41) is 121. The molecule has 18 heteroatoms. The van der Waals surface area contributed by atoms with Gasteiger partial charge in [0.25, 0.3) is 0 Å². The Kier molecular flexibility index (Phi) is 13.9. The molecule has 0 spiro atoms. The number of rotatable bonds is 9. The van der Waals surface area contributed by atoms with Crippen LogP contribution in [0.4, 0.5) is 0 Å². The van der Waals surface area contributed by atoms with Crippen LogP contribution in [-0.2, 0) is 33.2 Å². The van der Waals surface area contributed by atoms with Gasteiger partial charge in [0.05, 0.1) is 48.3 Å². The van der Waals surface area contributed by atoms with Crippen molar-refractivity contribution in [2.24, 2.45) is 45.3 Å². The lowest BCUT2D eigenvalue weighted by molar-refractivity contribution is -0.397. The maximum Gasteiger partial charge on any atom is 0.187 e. The van der Waals surface area contributed by atoms with Crippen LogP contribution in [0, 0.1) is 45.3 Å². The Morgan fingerprint density at radius 1 is 0.591 bits per heavy atom. The van der Waals surface area contributed by atoms with Crippen molar-refractivity contribution < 1.29 is 89.3 Å². The highest BCUT2D eigenvalue weighted by Gasteiger charge is 2.73. The second-order valence-electron chi connectivity index (χ2n) is 24.0. The van der Waals surface area contributed by atoms with Gasteiger partial charge in [0.15, 0.2) is 18.9 Å². The Morgan fingerprint density at radius 2 is 1.15 bits per heavy atom. The molecule has 8 rings (SSSR count). The van der Waals surface area contributed by atoms with E-state index < -0.39 is 140 Å². The molecule has 66 heavy (non-hydrogen) atoms. The second kappa shape index (κ2) is 17.8. The molecule has 27 unspecified atom stereocenters. The summed E-state index contributed by atoms with van der Waals surface area (Å²) < 4.78 is 44.1. The molecule has 382 valence electrons. The Labute approximate surface area is 388 Å². The van der Waals surface area contributed by atoms with Crippen LogP contribution in [0.1, 0.15) is 121 Å². The summed E-state index contributed by atoms with van der Waals surface area (Å²) in [4.78, 5) is 0. The van der Waals surface area contributed by atoms with Gasteiger partial charge in [-0.1, -0.05) is 34.6 Å². The first-order valence-electron chi connectivity index (χ1n) is 24.6. The predicted octanol–water partition coefficient (Wildman–Crippen LogP) is 0.210. The molecule has 0 amide bonds. The van der Waals surface area contributed by atoms with E-state index in [4.69, 9.17) is 33.2 Å². The number of aliphatic hydroxyl groups excluding tert-OH is 10. The fourth-order valence-corrected chi connectivity index (χ4v) is 15.6. The van der Waals surface area contributed by atoms with Crippen molar-refractivity contribution >= 4 is 0 Å². The highest BCUT2D eigenvalue weighted by Crippen LogP contribution is 2.76. The van der Waals surface area contributed by atoms with Crippen molar-refractivity contribution in [3.05, 3.63) is 0 Å². The molecule has 27 atom stereocenters. The van der Waals surface area contributed by atoms with Crippen molar-refractivity contribution in [3.63, 3.8) is 0 Å². The van der Waals surface area contributed by atoms with Crippen LogP contribution < -0.4 is 0 Å². The maximum absolute atomic E-state index is 12.5. The van der Waals surface area contributed by atoms with E-state index in [9.17, 15) is 56.2 Å². The molecule has 8 aliphatic rings. The number of hydrogen-bond acceptors (Lipinski definition) is 18. The van der Waals surface area contributed by atoms with Crippen LogP contribution in [0.2, 0.25) is 0 Å². The van der Waals surface area contributed by atoms with Crippen molar-refractivity contribution in [3.8, 4) is 0 Å². The molecule has 4 saturated heterocycles. The fourth-order valence-electron chi connectivity index (χ4n) is 15.6. The van der Waals surface area contributed by atoms with Gasteiger partial charge in [-0.15, -0.1) is 0 Å². The minimum absolute atomic E-state index is 0.00669. The third-order valence-electron chi connectivity index (χ3n) is 19.5. The number of ether oxygens (including phenoxy) is 7. The normalized spacial score (nSPS) is 57.5. The van der Waals surface area contributed by atoms with E-state index in [1.165, 1.54) is 13.8 Å². The molecule has 0 aromatic carbocycles. The van der Waals surface area contributed by atoms with Crippen LogP contribution >= 0.6 is 0 Å². The minimum Gasteiger partial charge on any atom is -0.394 e. The predicted molar refractivity (Wildman–Crippen MR) is 232 cm³/mol. The smallest absolute Gasteiger partial charge is 0.187 e. The van der Waals surface area contributed by atoms with E-state index in [1.54, 1.807) is 13.8 Å². The number of aliphatic hydroxyl groups is 11. The Hall–Kier alpha value is -0.720. The lowest BCUT2D eigenvalue weighted by Crippen LogP contribution is -2.68. The zero-order valence-corrected chi connectivity index (χ0v) is 40.4. The van der Waals surface area contributed by atoms with Gasteiger partial charge in [-0.25, -0.2) is 0 Å². The Balaban J connectivity index is 1.06. The third kappa shape index (κ3) is 8.08. The van der Waals surface area contributed by atoms with E-state index in [2.05, 4.69) is 34.6 Å². The van der Waals surface area contributed by atoms with Crippen molar-refractivity contribution in [1.82, 2.24) is 0 Å². The summed E-state index contributed by atoms with van der Waals surface area (Å²) in [6, 6.07) is 0. The Morgan fingerprint density at radius 3 is 1.70 bits per heavy atom. The number of hydrogen-bond donors (Lipinski definition) is 11. The minimum atomic E-state index is -1.77. The molecular formula is C48H82O18. The summed E-state index contributed by atoms with van der Waals surface area (Å²) in [6.07, 6.45) is -19.2. The van der Waals surface area contributed by atoms with E-state index in [0.717, 1.165) is 32.1 Å². The standard InChI is InChI=1S/C48H82O18/c1-20-30(52)33(55)35(57)40(60-20)64-37-32(54)25(19-49)62-42(38(37)65-41-36(58)34(56)31(53)21(2)61-41)63-28-13-14-45(7)26(43(28,3)4)12-16-46(8)27(45)17-23(50)29-22(11-15-47(29,46)9)48(10)18-24(51)39(66-48)44(5,6)59/h20-42,49-59H,11-19H2,1-10H3. The van der Waals surface area contributed by atoms with Gasteiger partial charge in [-0.3, -0.25) is 0 Å². The molecule has 0 bridgehead atoms. The van der Waals surface area contributed by atoms with E-state index in [1.807, 2.05) is 6.92 Å². The maximum atomic E-state index is 12.5. The van der Waals surface area contributed by atoms with Gasteiger partial charge >= 0.3 is 0 Å². The molecular weight excluding hydrogens is 865 g/mol. The lowest BCUT2D eigenvalue weighted by atomic mass is 9.35. The van der Waals surface area contributed by atoms with E-state index in [-0.39, 0.29) is 39.9 Å². The summed E-state index contributed by atoms with van der Waals surface area (Å²) in [5.41, 5.74) is -3.08. The molecule has 18 nitrogen and oxygen atoms in total. The largest absolute Gasteiger partial charge is 0.394 e. The highest BCUT2D eigenvalue weighted by molar-refractivity contribution is 5.21. The number of fused-ring (bicyclic) bond motifs is 5. The van der Waals surface area contributed by atoms with Gasteiger partial charge in [-0.05, 0) is 125 Å². The zero-order valence-electron chi connectivity index (χ0n) is 40.4. The van der Waals surface area contributed by atoms with E-state index in [0.29, 0.717) is 19.3 Å². The van der Waals surface area contributed by atoms with Crippen LogP contribution in [0.15, 0.2) is 0 Å². The van der Waals surface area contributed by atoms with Gasteiger partial charge in [-0.2, -0.15) is 0 Å². The Bertz CT molecular complexity index is 1720. The zero-order chi connectivity index (χ0) is 48.6. The summed E-state index contributed by atoms with van der Waals surface area (Å²) in [5.74, 6) is 0.171. The molecule has 4 saturated carbocycles.